The average molecular weight is 469 g/mol. The highest BCUT2D eigenvalue weighted by molar-refractivity contribution is 7.84. The first-order valence-electron chi connectivity index (χ1n) is 10.3. The lowest BCUT2D eigenvalue weighted by Crippen LogP contribution is -2.51. The third kappa shape index (κ3) is 6.04. The van der Waals surface area contributed by atoms with Crippen molar-refractivity contribution in [1.82, 2.24) is 10.4 Å². The van der Waals surface area contributed by atoms with E-state index in [9.17, 15) is 18.2 Å². The molecule has 1 unspecified atom stereocenters. The average Bonchev–Trinajstić information content (AvgIpc) is 2.81. The fraction of sp³-hybridized carbons (Fsp3) is 0.200. The van der Waals surface area contributed by atoms with Gasteiger partial charge in [-0.05, 0) is 50.2 Å². The van der Waals surface area contributed by atoms with Gasteiger partial charge in [0.25, 0.3) is 11.8 Å². The van der Waals surface area contributed by atoms with Crippen LogP contribution in [0.25, 0.3) is 11.1 Å². The van der Waals surface area contributed by atoms with Gasteiger partial charge < -0.3 is 4.74 Å². The summed E-state index contributed by atoms with van der Waals surface area (Å²) in [6.07, 6.45) is 1.54. The summed E-state index contributed by atoms with van der Waals surface area (Å²) in [5.74, 6) is -1.11. The lowest BCUT2D eigenvalue weighted by Gasteiger charge is -2.27. The van der Waals surface area contributed by atoms with E-state index in [-0.39, 0.29) is 18.4 Å². The van der Waals surface area contributed by atoms with Crippen LogP contribution in [0.5, 0.6) is 5.75 Å². The molecular formula is C25H25FN2O4S. The molecule has 1 atom stereocenters. The monoisotopic (exact) mass is 468 g/mol. The first kappa shape index (κ1) is 24.1. The number of nitrogens with zero attached hydrogens (tertiary/aromatic N) is 1. The summed E-state index contributed by atoms with van der Waals surface area (Å²) in [5, 5.41) is 1.20. The van der Waals surface area contributed by atoms with Crippen molar-refractivity contribution in [2.45, 2.75) is 24.8 Å². The Balaban J connectivity index is 1.81. The molecule has 0 aromatic heterocycles. The van der Waals surface area contributed by atoms with Crippen LogP contribution >= 0.6 is 0 Å². The molecule has 0 aliphatic rings. The third-order valence-electron chi connectivity index (χ3n) is 4.82. The maximum atomic E-state index is 14.0. The van der Waals surface area contributed by atoms with Gasteiger partial charge in [0.1, 0.15) is 11.6 Å². The molecule has 172 valence electrons. The van der Waals surface area contributed by atoms with Crippen LogP contribution in [0.15, 0.2) is 77.7 Å². The minimum absolute atomic E-state index is 0.265. The van der Waals surface area contributed by atoms with Crippen molar-refractivity contribution in [1.29, 1.82) is 0 Å². The standard InChI is InChI=1S/C25H25FN2O4S/c1-17(2)28(27-25(30)18-9-5-4-6-10-18)24(29)16-32-22-14-13-19(26)15-21(22)20-11-7-8-12-23(20)33(3)31/h4-15,17H,16H2,1-3H3,(H,27,30). The van der Waals surface area contributed by atoms with E-state index in [2.05, 4.69) is 5.43 Å². The molecule has 33 heavy (non-hydrogen) atoms. The fourth-order valence-electron chi connectivity index (χ4n) is 3.23. The molecule has 0 aliphatic carbocycles. The Morgan fingerprint density at radius 1 is 1.00 bits per heavy atom. The Bertz CT molecular complexity index is 1170. The number of nitrogens with one attached hydrogen (secondary N) is 1. The molecule has 0 saturated heterocycles. The topological polar surface area (TPSA) is 75.7 Å². The van der Waals surface area contributed by atoms with Crippen molar-refractivity contribution in [3.8, 4) is 16.9 Å². The van der Waals surface area contributed by atoms with Crippen LogP contribution in [0.4, 0.5) is 4.39 Å². The second-order valence-electron chi connectivity index (χ2n) is 7.54. The van der Waals surface area contributed by atoms with Crippen LogP contribution in [0.3, 0.4) is 0 Å². The quantitative estimate of drug-likeness (QED) is 0.528. The van der Waals surface area contributed by atoms with Gasteiger partial charge in [-0.1, -0.05) is 36.4 Å². The Kier molecular flexibility index (Phi) is 7.95. The Morgan fingerprint density at radius 3 is 2.33 bits per heavy atom. The van der Waals surface area contributed by atoms with Gasteiger partial charge in [-0.2, -0.15) is 0 Å². The van der Waals surface area contributed by atoms with Crippen molar-refractivity contribution in [2.24, 2.45) is 0 Å². The number of hydrogen-bond donors (Lipinski definition) is 1. The van der Waals surface area contributed by atoms with Crippen LogP contribution in [0, 0.1) is 5.82 Å². The second-order valence-corrected chi connectivity index (χ2v) is 8.89. The zero-order valence-electron chi connectivity index (χ0n) is 18.6. The zero-order valence-corrected chi connectivity index (χ0v) is 19.4. The highest BCUT2D eigenvalue weighted by atomic mass is 32.2. The highest BCUT2D eigenvalue weighted by Crippen LogP contribution is 2.34. The summed E-state index contributed by atoms with van der Waals surface area (Å²) >= 11 is 0. The SMILES string of the molecule is CC(C)N(NC(=O)c1ccccc1)C(=O)COc1ccc(F)cc1-c1ccccc1S(C)=O. The van der Waals surface area contributed by atoms with Crippen molar-refractivity contribution < 1.29 is 22.9 Å². The van der Waals surface area contributed by atoms with Crippen molar-refractivity contribution >= 4 is 22.6 Å². The number of benzene rings is 3. The number of ether oxygens (including phenoxy) is 1. The van der Waals surface area contributed by atoms with E-state index in [4.69, 9.17) is 4.74 Å². The molecule has 3 aromatic carbocycles. The van der Waals surface area contributed by atoms with Crippen LogP contribution in [-0.2, 0) is 15.6 Å². The summed E-state index contributed by atoms with van der Waals surface area (Å²) < 4.78 is 32.0. The first-order valence-corrected chi connectivity index (χ1v) is 11.9. The Hall–Kier alpha value is -3.52. The van der Waals surface area contributed by atoms with Gasteiger partial charge in [0.2, 0.25) is 0 Å². The van der Waals surface area contributed by atoms with E-state index in [1.807, 2.05) is 0 Å². The lowest BCUT2D eigenvalue weighted by atomic mass is 10.0. The van der Waals surface area contributed by atoms with E-state index in [1.165, 1.54) is 29.5 Å². The number of carbonyl (C=O) groups excluding carboxylic acids is 2. The summed E-state index contributed by atoms with van der Waals surface area (Å²) in [4.78, 5) is 25.9. The zero-order chi connectivity index (χ0) is 24.0. The normalized spacial score (nSPS) is 11.7. The molecule has 0 saturated carbocycles. The van der Waals surface area contributed by atoms with Gasteiger partial charge in [-0.15, -0.1) is 0 Å². The van der Waals surface area contributed by atoms with E-state index in [0.29, 0.717) is 21.6 Å². The van der Waals surface area contributed by atoms with Gasteiger partial charge >= 0.3 is 0 Å². The molecule has 2 amide bonds. The van der Waals surface area contributed by atoms with E-state index in [0.717, 1.165) is 0 Å². The summed E-state index contributed by atoms with van der Waals surface area (Å²) in [7, 11) is -1.31. The van der Waals surface area contributed by atoms with Gasteiger partial charge in [0.05, 0.1) is 10.8 Å². The number of amides is 2. The van der Waals surface area contributed by atoms with Crippen molar-refractivity contribution in [2.75, 3.05) is 12.9 Å². The fourth-order valence-corrected chi connectivity index (χ4v) is 3.99. The Morgan fingerprint density at radius 2 is 1.67 bits per heavy atom. The molecule has 0 heterocycles. The molecule has 0 aliphatic heterocycles. The minimum atomic E-state index is -1.31. The van der Waals surface area contributed by atoms with Gasteiger partial charge in [0, 0.05) is 33.9 Å². The van der Waals surface area contributed by atoms with Gasteiger partial charge in [0.15, 0.2) is 6.61 Å². The predicted octanol–water partition coefficient (Wildman–Crippen LogP) is 4.19. The molecule has 1 N–H and O–H groups in total. The molecule has 0 spiro atoms. The number of hydrazine groups is 1. The maximum Gasteiger partial charge on any atom is 0.279 e. The van der Waals surface area contributed by atoms with Crippen LogP contribution in [0.2, 0.25) is 0 Å². The molecular weight excluding hydrogens is 443 g/mol. The van der Waals surface area contributed by atoms with Gasteiger partial charge in [-0.3, -0.25) is 19.2 Å². The van der Waals surface area contributed by atoms with Crippen LogP contribution in [0.1, 0.15) is 24.2 Å². The van der Waals surface area contributed by atoms with E-state index >= 15 is 0 Å². The third-order valence-corrected chi connectivity index (χ3v) is 5.80. The molecule has 6 nitrogen and oxygen atoms in total. The second kappa shape index (κ2) is 10.9. The molecule has 0 radical (unpaired) electrons. The molecule has 0 fully saturated rings. The van der Waals surface area contributed by atoms with Gasteiger partial charge in [-0.25, -0.2) is 9.40 Å². The summed E-state index contributed by atoms with van der Waals surface area (Å²) in [6, 6.07) is 19.1. The smallest absolute Gasteiger partial charge is 0.279 e. The van der Waals surface area contributed by atoms with Crippen molar-refractivity contribution in [3.05, 3.63) is 84.2 Å². The number of rotatable bonds is 7. The van der Waals surface area contributed by atoms with Crippen LogP contribution in [-0.4, -0.2) is 39.9 Å². The maximum absolute atomic E-state index is 14.0. The first-order chi connectivity index (χ1) is 15.8. The van der Waals surface area contributed by atoms with E-state index < -0.39 is 28.4 Å². The summed E-state index contributed by atoms with van der Waals surface area (Å²) in [5.41, 5.74) is 3.97. The molecule has 3 rings (SSSR count). The lowest BCUT2D eigenvalue weighted by molar-refractivity contribution is -0.137. The number of halogens is 1. The predicted molar refractivity (Wildman–Crippen MR) is 126 cm³/mol. The minimum Gasteiger partial charge on any atom is -0.483 e. The molecule has 0 bridgehead atoms. The number of hydrogen-bond acceptors (Lipinski definition) is 4. The highest BCUT2D eigenvalue weighted by Gasteiger charge is 2.22. The van der Waals surface area contributed by atoms with Crippen molar-refractivity contribution in [3.63, 3.8) is 0 Å². The number of carbonyl (C=O) groups is 2. The largest absolute Gasteiger partial charge is 0.483 e. The summed E-state index contributed by atoms with van der Waals surface area (Å²) in [6.45, 7) is 3.14. The molecule has 3 aromatic rings. The van der Waals surface area contributed by atoms with E-state index in [1.54, 1.807) is 68.4 Å². The Labute approximate surface area is 194 Å². The molecule has 8 heteroatoms. The van der Waals surface area contributed by atoms with Crippen LogP contribution < -0.4 is 10.2 Å².